The van der Waals surface area contributed by atoms with Gasteiger partial charge in [0.2, 0.25) is 0 Å². The Morgan fingerprint density at radius 3 is 2.71 bits per heavy atom. The summed E-state index contributed by atoms with van der Waals surface area (Å²) in [6, 6.07) is 0. The van der Waals surface area contributed by atoms with Gasteiger partial charge in [0.25, 0.3) is 0 Å². The van der Waals surface area contributed by atoms with Gasteiger partial charge in [-0.2, -0.15) is 15.0 Å². The summed E-state index contributed by atoms with van der Waals surface area (Å²) in [6.07, 6.45) is 2.14. The van der Waals surface area contributed by atoms with Gasteiger partial charge in [-0.3, -0.25) is 0 Å². The lowest BCUT2D eigenvalue weighted by atomic mass is 10.2. The van der Waals surface area contributed by atoms with Crippen molar-refractivity contribution in [3.63, 3.8) is 0 Å². The number of nitrogens with zero attached hydrogens (tertiary/aromatic N) is 6. The highest BCUT2D eigenvalue weighted by Crippen LogP contribution is 2.15. The van der Waals surface area contributed by atoms with Crippen LogP contribution in [0, 0.1) is 0 Å². The summed E-state index contributed by atoms with van der Waals surface area (Å²) >= 11 is 0. The van der Waals surface area contributed by atoms with Gasteiger partial charge in [-0.1, -0.05) is 0 Å². The summed E-state index contributed by atoms with van der Waals surface area (Å²) < 4.78 is 1.64. The third kappa shape index (κ3) is 1.37. The minimum absolute atomic E-state index is 0.450. The van der Waals surface area contributed by atoms with E-state index in [1.54, 1.807) is 18.7 Å². The fourth-order valence-corrected chi connectivity index (χ4v) is 1.16. The summed E-state index contributed by atoms with van der Waals surface area (Å²) in [5.41, 5.74) is 0.462. The van der Waals surface area contributed by atoms with Crippen molar-refractivity contribution in [3.05, 3.63) is 24.0 Å². The molecule has 1 atom stereocenters. The SMILES string of the molecule is Cn1ncc(C(O)c2nncn2C)n1. The van der Waals surface area contributed by atoms with Crippen molar-refractivity contribution in [1.82, 2.24) is 29.8 Å². The Morgan fingerprint density at radius 2 is 2.21 bits per heavy atom. The van der Waals surface area contributed by atoms with Gasteiger partial charge in [0, 0.05) is 14.1 Å². The van der Waals surface area contributed by atoms with Crippen LogP contribution < -0.4 is 0 Å². The van der Waals surface area contributed by atoms with E-state index in [-0.39, 0.29) is 0 Å². The molecule has 14 heavy (non-hydrogen) atoms. The lowest BCUT2D eigenvalue weighted by molar-refractivity contribution is 0.200. The molecule has 0 radical (unpaired) electrons. The average Bonchev–Trinajstić information content (AvgIpc) is 2.73. The molecule has 0 aromatic carbocycles. The Labute approximate surface area is 80.0 Å². The Bertz CT molecular complexity index is 433. The molecule has 0 aliphatic heterocycles. The first kappa shape index (κ1) is 8.82. The van der Waals surface area contributed by atoms with Crippen LogP contribution in [0.4, 0.5) is 0 Å². The molecule has 0 aliphatic carbocycles. The number of aryl methyl sites for hydroxylation is 2. The zero-order valence-electron chi connectivity index (χ0n) is 7.86. The van der Waals surface area contributed by atoms with Crippen LogP contribution >= 0.6 is 0 Å². The van der Waals surface area contributed by atoms with E-state index in [2.05, 4.69) is 20.4 Å². The Balaban J connectivity index is 2.33. The van der Waals surface area contributed by atoms with Gasteiger partial charge < -0.3 is 9.67 Å². The molecule has 74 valence electrons. The molecule has 2 heterocycles. The molecule has 0 spiro atoms. The maximum absolute atomic E-state index is 9.84. The van der Waals surface area contributed by atoms with Crippen molar-refractivity contribution in [3.8, 4) is 0 Å². The highest BCUT2D eigenvalue weighted by atomic mass is 16.3. The molecule has 0 fully saturated rings. The second-order valence-electron chi connectivity index (χ2n) is 2.96. The Morgan fingerprint density at radius 1 is 1.43 bits per heavy atom. The molecule has 7 nitrogen and oxygen atoms in total. The summed E-state index contributed by atoms with van der Waals surface area (Å²) in [4.78, 5) is 1.38. The van der Waals surface area contributed by atoms with E-state index in [4.69, 9.17) is 0 Å². The number of aliphatic hydroxyl groups excluding tert-OH is 1. The number of hydrogen-bond donors (Lipinski definition) is 1. The molecule has 0 saturated carbocycles. The predicted molar refractivity (Wildman–Crippen MR) is 46.1 cm³/mol. The van der Waals surface area contributed by atoms with E-state index >= 15 is 0 Å². The van der Waals surface area contributed by atoms with Crippen LogP contribution in [-0.4, -0.2) is 34.9 Å². The molecule has 0 bridgehead atoms. The summed E-state index contributed by atoms with van der Waals surface area (Å²) in [7, 11) is 3.45. The van der Waals surface area contributed by atoms with Crippen molar-refractivity contribution in [2.45, 2.75) is 6.10 Å². The van der Waals surface area contributed by atoms with E-state index in [1.165, 1.54) is 17.3 Å². The molecule has 0 amide bonds. The smallest absolute Gasteiger partial charge is 0.167 e. The minimum atomic E-state index is -0.879. The lowest BCUT2D eigenvalue weighted by Crippen LogP contribution is -2.08. The van der Waals surface area contributed by atoms with Gasteiger partial charge >= 0.3 is 0 Å². The van der Waals surface area contributed by atoms with Crippen molar-refractivity contribution in [1.29, 1.82) is 0 Å². The summed E-state index contributed by atoms with van der Waals surface area (Å²) in [5.74, 6) is 0.450. The summed E-state index contributed by atoms with van der Waals surface area (Å²) in [5, 5.41) is 25.1. The molecule has 2 rings (SSSR count). The molecule has 1 N–H and O–H groups in total. The van der Waals surface area contributed by atoms with Gasteiger partial charge in [-0.15, -0.1) is 10.2 Å². The first-order valence-electron chi connectivity index (χ1n) is 4.06. The topological polar surface area (TPSA) is 81.6 Å². The van der Waals surface area contributed by atoms with Gasteiger partial charge in [0.05, 0.1) is 6.20 Å². The molecular weight excluding hydrogens is 184 g/mol. The van der Waals surface area contributed by atoms with Crippen LogP contribution in [0.5, 0.6) is 0 Å². The van der Waals surface area contributed by atoms with E-state index in [0.29, 0.717) is 11.5 Å². The van der Waals surface area contributed by atoms with Gasteiger partial charge in [0.15, 0.2) is 11.9 Å². The Kier molecular flexibility index (Phi) is 2.01. The molecule has 7 heteroatoms. The zero-order chi connectivity index (χ0) is 10.1. The Hall–Kier alpha value is -1.76. The second kappa shape index (κ2) is 3.18. The van der Waals surface area contributed by atoms with Crippen molar-refractivity contribution >= 4 is 0 Å². The molecular formula is C7H10N6O. The van der Waals surface area contributed by atoms with Crippen molar-refractivity contribution in [2.75, 3.05) is 0 Å². The van der Waals surface area contributed by atoms with E-state index in [1.807, 2.05) is 0 Å². The number of aliphatic hydroxyl groups is 1. The van der Waals surface area contributed by atoms with Crippen LogP contribution in [0.15, 0.2) is 12.5 Å². The third-order valence-corrected chi connectivity index (χ3v) is 1.89. The quantitative estimate of drug-likeness (QED) is 0.664. The number of hydrogen-bond acceptors (Lipinski definition) is 5. The van der Waals surface area contributed by atoms with Gasteiger partial charge in [-0.05, 0) is 0 Å². The highest BCUT2D eigenvalue weighted by molar-refractivity contribution is 5.08. The number of rotatable bonds is 2. The lowest BCUT2D eigenvalue weighted by Gasteiger charge is -2.04. The van der Waals surface area contributed by atoms with Crippen LogP contribution in [0.2, 0.25) is 0 Å². The zero-order valence-corrected chi connectivity index (χ0v) is 7.86. The normalized spacial score (nSPS) is 13.1. The van der Waals surface area contributed by atoms with Crippen LogP contribution in [-0.2, 0) is 14.1 Å². The predicted octanol–water partition coefficient (Wildman–Crippen LogP) is -0.975. The van der Waals surface area contributed by atoms with Crippen LogP contribution in [0.25, 0.3) is 0 Å². The maximum atomic E-state index is 9.84. The third-order valence-electron chi connectivity index (χ3n) is 1.89. The van der Waals surface area contributed by atoms with Crippen LogP contribution in [0.3, 0.4) is 0 Å². The van der Waals surface area contributed by atoms with Crippen molar-refractivity contribution in [2.24, 2.45) is 14.1 Å². The molecule has 0 aliphatic rings. The fraction of sp³-hybridized carbons (Fsp3) is 0.429. The standard InChI is InChI=1S/C7H10N6O/c1-12-4-8-10-7(12)6(14)5-3-9-13(2)11-5/h3-4,6,14H,1-2H3. The second-order valence-corrected chi connectivity index (χ2v) is 2.96. The molecule has 2 aromatic rings. The first-order chi connectivity index (χ1) is 6.68. The average molecular weight is 194 g/mol. The largest absolute Gasteiger partial charge is 0.379 e. The molecule has 0 saturated heterocycles. The van der Waals surface area contributed by atoms with Gasteiger partial charge in [0.1, 0.15) is 12.0 Å². The maximum Gasteiger partial charge on any atom is 0.167 e. The van der Waals surface area contributed by atoms with Crippen molar-refractivity contribution < 1.29 is 5.11 Å². The van der Waals surface area contributed by atoms with Crippen LogP contribution in [0.1, 0.15) is 17.6 Å². The monoisotopic (exact) mass is 194 g/mol. The number of aromatic nitrogens is 6. The molecule has 1 unspecified atom stereocenters. The van der Waals surface area contributed by atoms with E-state index in [9.17, 15) is 5.11 Å². The van der Waals surface area contributed by atoms with E-state index < -0.39 is 6.10 Å². The minimum Gasteiger partial charge on any atom is -0.379 e. The summed E-state index contributed by atoms with van der Waals surface area (Å²) in [6.45, 7) is 0. The first-order valence-corrected chi connectivity index (χ1v) is 4.06. The highest BCUT2D eigenvalue weighted by Gasteiger charge is 2.18. The van der Waals surface area contributed by atoms with Gasteiger partial charge in [-0.25, -0.2) is 0 Å². The fourth-order valence-electron chi connectivity index (χ4n) is 1.16. The molecule has 2 aromatic heterocycles. The van der Waals surface area contributed by atoms with E-state index in [0.717, 1.165) is 0 Å².